The molecule has 0 bridgehead atoms. The van der Waals surface area contributed by atoms with E-state index in [0.717, 1.165) is 12.8 Å². The highest BCUT2D eigenvalue weighted by Gasteiger charge is 2.27. The number of hydrogen-bond donors (Lipinski definition) is 2. The van der Waals surface area contributed by atoms with Crippen molar-refractivity contribution in [2.75, 3.05) is 5.32 Å². The van der Waals surface area contributed by atoms with Crippen LogP contribution in [0.5, 0.6) is 5.75 Å². The lowest BCUT2D eigenvalue weighted by molar-refractivity contribution is -0.115. The summed E-state index contributed by atoms with van der Waals surface area (Å²) in [4.78, 5) is 12.2. The Bertz CT molecular complexity index is 896. The Morgan fingerprint density at radius 1 is 1.07 bits per heavy atom. The number of hydrogen-bond acceptors (Lipinski definition) is 4. The summed E-state index contributed by atoms with van der Waals surface area (Å²) in [6, 6.07) is 11.7. The highest BCUT2D eigenvalue weighted by molar-refractivity contribution is 7.89. The molecule has 2 aromatic rings. The van der Waals surface area contributed by atoms with Gasteiger partial charge in [-0.1, -0.05) is 12.1 Å². The quantitative estimate of drug-likeness (QED) is 0.719. The molecule has 6 nitrogen and oxygen atoms in total. The molecule has 0 radical (unpaired) electrons. The number of benzene rings is 2. The molecule has 144 valence electrons. The lowest BCUT2D eigenvalue weighted by atomic mass is 10.1. The Hall–Kier alpha value is -2.52. The minimum Gasteiger partial charge on any atom is -0.435 e. The molecule has 1 amide bonds. The summed E-state index contributed by atoms with van der Waals surface area (Å²) >= 11 is 0. The van der Waals surface area contributed by atoms with Gasteiger partial charge in [-0.15, -0.1) is 0 Å². The van der Waals surface area contributed by atoms with Gasteiger partial charge in [-0.05, 0) is 54.8 Å². The Balaban J connectivity index is 1.56. The number of ether oxygens (including phenoxy) is 1. The van der Waals surface area contributed by atoms with Gasteiger partial charge in [0.2, 0.25) is 15.9 Å². The molecule has 27 heavy (non-hydrogen) atoms. The maximum atomic E-state index is 12.1. The molecule has 3 rings (SSSR count). The Labute approximate surface area is 155 Å². The normalized spacial score (nSPS) is 14.2. The molecular weight excluding hydrogens is 378 g/mol. The Morgan fingerprint density at radius 3 is 2.26 bits per heavy atom. The van der Waals surface area contributed by atoms with Gasteiger partial charge in [0.15, 0.2) is 0 Å². The van der Waals surface area contributed by atoms with E-state index in [0.29, 0.717) is 11.3 Å². The minimum atomic E-state index is -3.53. The highest BCUT2D eigenvalue weighted by Crippen LogP contribution is 2.23. The summed E-state index contributed by atoms with van der Waals surface area (Å²) in [6.07, 6.45) is 1.74. The first-order chi connectivity index (χ1) is 12.8. The van der Waals surface area contributed by atoms with Crippen molar-refractivity contribution in [3.8, 4) is 5.75 Å². The van der Waals surface area contributed by atoms with E-state index < -0.39 is 16.6 Å². The fourth-order valence-electron chi connectivity index (χ4n) is 2.39. The fourth-order valence-corrected chi connectivity index (χ4v) is 3.69. The highest BCUT2D eigenvalue weighted by atomic mass is 32.2. The molecule has 1 saturated carbocycles. The van der Waals surface area contributed by atoms with Gasteiger partial charge in [0.05, 0.1) is 11.3 Å². The van der Waals surface area contributed by atoms with Crippen LogP contribution in [0, 0.1) is 0 Å². The molecular formula is C18H18F2N2O4S. The number of amides is 1. The van der Waals surface area contributed by atoms with Gasteiger partial charge in [0.1, 0.15) is 5.75 Å². The molecule has 2 N–H and O–H groups in total. The smallest absolute Gasteiger partial charge is 0.387 e. The molecule has 0 atom stereocenters. The molecule has 0 aromatic heterocycles. The maximum absolute atomic E-state index is 12.1. The molecule has 1 aliphatic rings. The lowest BCUT2D eigenvalue weighted by Crippen LogP contribution is -2.25. The summed E-state index contributed by atoms with van der Waals surface area (Å²) in [5, 5.41) is 2.66. The number of halogens is 2. The topological polar surface area (TPSA) is 84.5 Å². The van der Waals surface area contributed by atoms with Crippen molar-refractivity contribution in [2.45, 2.75) is 36.8 Å². The van der Waals surface area contributed by atoms with Gasteiger partial charge in [-0.2, -0.15) is 8.78 Å². The summed E-state index contributed by atoms with van der Waals surface area (Å²) in [7, 11) is -3.53. The van der Waals surface area contributed by atoms with Gasteiger partial charge in [0, 0.05) is 11.7 Å². The van der Waals surface area contributed by atoms with Crippen LogP contribution in [0.25, 0.3) is 0 Å². The van der Waals surface area contributed by atoms with Gasteiger partial charge < -0.3 is 10.1 Å². The summed E-state index contributed by atoms with van der Waals surface area (Å²) in [5.74, 6) is -0.296. The SMILES string of the molecule is O=C(Cc1ccc(OC(F)F)cc1)Nc1ccc(S(=O)(=O)NC2CC2)cc1. The Morgan fingerprint density at radius 2 is 1.70 bits per heavy atom. The van der Waals surface area contributed by atoms with Gasteiger partial charge in [0.25, 0.3) is 0 Å². The van der Waals surface area contributed by atoms with E-state index in [4.69, 9.17) is 0 Å². The monoisotopic (exact) mass is 396 g/mol. The lowest BCUT2D eigenvalue weighted by Gasteiger charge is -2.09. The molecule has 1 aliphatic carbocycles. The van der Waals surface area contributed by atoms with Crippen molar-refractivity contribution in [1.82, 2.24) is 4.72 Å². The molecule has 0 saturated heterocycles. The third kappa shape index (κ3) is 5.73. The van der Waals surface area contributed by atoms with E-state index in [1.807, 2.05) is 0 Å². The zero-order valence-electron chi connectivity index (χ0n) is 14.2. The average Bonchev–Trinajstić information content (AvgIpc) is 3.40. The third-order valence-electron chi connectivity index (χ3n) is 3.86. The Kier molecular flexibility index (Phi) is 5.71. The first-order valence-electron chi connectivity index (χ1n) is 8.28. The van der Waals surface area contributed by atoms with Gasteiger partial charge in [-0.25, -0.2) is 13.1 Å². The van der Waals surface area contributed by atoms with E-state index in [9.17, 15) is 22.0 Å². The zero-order chi connectivity index (χ0) is 19.4. The first kappa shape index (κ1) is 19.2. The number of carbonyl (C=O) groups excluding carboxylic acids is 1. The van der Waals surface area contributed by atoms with E-state index in [1.54, 1.807) is 0 Å². The molecule has 0 aliphatic heterocycles. The number of nitrogens with one attached hydrogen (secondary N) is 2. The van der Waals surface area contributed by atoms with Crippen LogP contribution in [0.1, 0.15) is 18.4 Å². The van der Waals surface area contributed by atoms with Crippen LogP contribution < -0.4 is 14.8 Å². The van der Waals surface area contributed by atoms with E-state index in [-0.39, 0.29) is 29.0 Å². The second-order valence-corrected chi connectivity index (χ2v) is 7.88. The molecule has 1 fully saturated rings. The van der Waals surface area contributed by atoms with Crippen molar-refractivity contribution < 1.29 is 26.7 Å². The number of alkyl halides is 2. The largest absolute Gasteiger partial charge is 0.435 e. The second-order valence-electron chi connectivity index (χ2n) is 6.17. The van der Waals surface area contributed by atoms with Crippen LogP contribution in [0.3, 0.4) is 0 Å². The number of anilines is 1. The van der Waals surface area contributed by atoms with Gasteiger partial charge in [-0.3, -0.25) is 4.79 Å². The van der Waals surface area contributed by atoms with Crippen LogP contribution in [-0.2, 0) is 21.2 Å². The summed E-state index contributed by atoms with van der Waals surface area (Å²) in [5.41, 5.74) is 1.09. The molecule has 2 aromatic carbocycles. The number of carbonyl (C=O) groups is 1. The van der Waals surface area contributed by atoms with Crippen molar-refractivity contribution in [3.63, 3.8) is 0 Å². The van der Waals surface area contributed by atoms with Crippen molar-refractivity contribution >= 4 is 21.6 Å². The van der Waals surface area contributed by atoms with E-state index >= 15 is 0 Å². The third-order valence-corrected chi connectivity index (χ3v) is 5.40. The first-order valence-corrected chi connectivity index (χ1v) is 9.76. The summed E-state index contributed by atoms with van der Waals surface area (Å²) in [6.45, 7) is -2.90. The van der Waals surface area contributed by atoms with E-state index in [2.05, 4.69) is 14.8 Å². The predicted molar refractivity (Wildman–Crippen MR) is 95.2 cm³/mol. The second kappa shape index (κ2) is 8.01. The predicted octanol–water partition coefficient (Wildman–Crippen LogP) is 2.91. The fraction of sp³-hybridized carbons (Fsp3) is 0.278. The van der Waals surface area contributed by atoms with Crippen LogP contribution in [0.15, 0.2) is 53.4 Å². The molecule has 0 heterocycles. The summed E-state index contributed by atoms with van der Waals surface area (Å²) < 4.78 is 55.2. The van der Waals surface area contributed by atoms with Gasteiger partial charge >= 0.3 is 6.61 Å². The average molecular weight is 396 g/mol. The minimum absolute atomic E-state index is 0.0192. The van der Waals surface area contributed by atoms with Crippen LogP contribution >= 0.6 is 0 Å². The van der Waals surface area contributed by atoms with Crippen molar-refractivity contribution in [1.29, 1.82) is 0 Å². The maximum Gasteiger partial charge on any atom is 0.387 e. The standard InChI is InChI=1S/C18H18F2N2O4S/c19-18(20)26-15-7-1-12(2-8-15)11-17(23)21-13-5-9-16(10-6-13)27(24,25)22-14-3-4-14/h1-2,5-10,14,18,22H,3-4,11H2,(H,21,23). The van der Waals surface area contributed by atoms with E-state index in [1.165, 1.54) is 48.5 Å². The van der Waals surface area contributed by atoms with Crippen LogP contribution in [-0.4, -0.2) is 27.0 Å². The van der Waals surface area contributed by atoms with Crippen molar-refractivity contribution in [2.24, 2.45) is 0 Å². The molecule has 9 heteroatoms. The van der Waals surface area contributed by atoms with Crippen LogP contribution in [0.4, 0.5) is 14.5 Å². The number of rotatable bonds is 8. The zero-order valence-corrected chi connectivity index (χ0v) is 15.0. The molecule has 0 unspecified atom stereocenters. The number of sulfonamides is 1. The van der Waals surface area contributed by atoms with Crippen LogP contribution in [0.2, 0.25) is 0 Å². The molecule has 0 spiro atoms. The van der Waals surface area contributed by atoms with Crippen molar-refractivity contribution in [3.05, 3.63) is 54.1 Å².